The Kier molecular flexibility index (Phi) is 11.0. The maximum atomic E-state index is 12.3. The minimum absolute atomic E-state index is 0. The number of carbonyl (C=O) groups is 1. The minimum atomic E-state index is -3.59. The second kappa shape index (κ2) is 11.5. The number of benzene rings is 1. The van der Waals surface area contributed by atoms with Crippen LogP contribution in [0.3, 0.4) is 0 Å². The molecular weight excluding hydrogens is 374 g/mol. The van der Waals surface area contributed by atoms with Crippen LogP contribution in [0, 0.1) is 0 Å². The van der Waals surface area contributed by atoms with E-state index in [1.165, 1.54) is 0 Å². The lowest BCUT2D eigenvalue weighted by atomic mass is 9.87. The minimum Gasteiger partial charge on any atom is -0.355 e. The predicted molar refractivity (Wildman–Crippen MR) is 108 cm³/mol. The molecule has 0 saturated heterocycles. The Morgan fingerprint density at radius 2 is 1.62 bits per heavy atom. The van der Waals surface area contributed by atoms with Gasteiger partial charge in [-0.3, -0.25) is 4.79 Å². The molecule has 1 amide bonds. The number of carbonyl (C=O) groups excluding carboxylic acids is 1. The third-order valence-corrected chi connectivity index (χ3v) is 5.20. The number of sulfonamides is 1. The lowest BCUT2D eigenvalue weighted by Gasteiger charge is -2.19. The molecule has 6 nitrogen and oxygen atoms in total. The van der Waals surface area contributed by atoms with Crippen molar-refractivity contribution >= 4 is 28.3 Å². The van der Waals surface area contributed by atoms with Gasteiger partial charge >= 0.3 is 0 Å². The molecule has 0 atom stereocenters. The summed E-state index contributed by atoms with van der Waals surface area (Å²) in [6.45, 7) is 10.6. The molecule has 0 unspecified atom stereocenters. The standard InChI is InChI=1S/C18H31N3O3S.ClH/c1-5-11-19-13-14-20-17(22)10-12-21-25(23,24)16-8-6-15(7-9-16)18(2,3)4;/h6-9,19,21H,5,10-14H2,1-4H3,(H,20,22);1H. The van der Waals surface area contributed by atoms with Crippen LogP contribution >= 0.6 is 12.4 Å². The van der Waals surface area contributed by atoms with Crippen molar-refractivity contribution in [3.63, 3.8) is 0 Å². The largest absolute Gasteiger partial charge is 0.355 e. The number of nitrogens with one attached hydrogen (secondary N) is 3. The zero-order valence-electron chi connectivity index (χ0n) is 16.1. The van der Waals surface area contributed by atoms with E-state index in [-0.39, 0.29) is 41.6 Å². The van der Waals surface area contributed by atoms with E-state index >= 15 is 0 Å². The van der Waals surface area contributed by atoms with Gasteiger partial charge in [-0.1, -0.05) is 39.8 Å². The smallest absolute Gasteiger partial charge is 0.240 e. The SMILES string of the molecule is CCCNCCNC(=O)CCNS(=O)(=O)c1ccc(C(C)(C)C)cc1.Cl. The first-order valence-electron chi connectivity index (χ1n) is 8.74. The molecular formula is C18H32ClN3O3S. The van der Waals surface area contributed by atoms with E-state index < -0.39 is 10.0 Å². The zero-order chi connectivity index (χ0) is 18.9. The first-order valence-corrected chi connectivity index (χ1v) is 10.2. The lowest BCUT2D eigenvalue weighted by molar-refractivity contribution is -0.120. The summed E-state index contributed by atoms with van der Waals surface area (Å²) in [6, 6.07) is 6.85. The fourth-order valence-corrected chi connectivity index (χ4v) is 3.23. The van der Waals surface area contributed by atoms with Gasteiger partial charge in [0, 0.05) is 26.1 Å². The molecule has 0 bridgehead atoms. The van der Waals surface area contributed by atoms with Crippen molar-refractivity contribution < 1.29 is 13.2 Å². The molecule has 0 spiro atoms. The predicted octanol–water partition coefficient (Wildman–Crippen LogP) is 2.19. The van der Waals surface area contributed by atoms with E-state index in [4.69, 9.17) is 0 Å². The van der Waals surface area contributed by atoms with Crippen LogP contribution in [0.15, 0.2) is 29.2 Å². The summed E-state index contributed by atoms with van der Waals surface area (Å²) in [6.07, 6.45) is 1.17. The van der Waals surface area contributed by atoms with Gasteiger partial charge in [0.05, 0.1) is 4.90 Å². The van der Waals surface area contributed by atoms with Crippen molar-refractivity contribution in [2.75, 3.05) is 26.2 Å². The molecule has 150 valence electrons. The Bertz CT molecular complexity index is 641. The van der Waals surface area contributed by atoms with Gasteiger partial charge in [0.25, 0.3) is 0 Å². The Morgan fingerprint density at radius 1 is 1.00 bits per heavy atom. The Morgan fingerprint density at radius 3 is 2.15 bits per heavy atom. The van der Waals surface area contributed by atoms with Crippen molar-refractivity contribution in [2.24, 2.45) is 0 Å². The van der Waals surface area contributed by atoms with Gasteiger partial charge in [-0.2, -0.15) is 0 Å². The zero-order valence-corrected chi connectivity index (χ0v) is 17.7. The van der Waals surface area contributed by atoms with Crippen molar-refractivity contribution in [3.8, 4) is 0 Å². The van der Waals surface area contributed by atoms with Gasteiger partial charge in [0.1, 0.15) is 0 Å². The number of amides is 1. The Balaban J connectivity index is 0.00000625. The van der Waals surface area contributed by atoms with Crippen LogP contribution in [0.4, 0.5) is 0 Å². The van der Waals surface area contributed by atoms with Crippen molar-refractivity contribution in [2.45, 2.75) is 50.8 Å². The molecule has 0 aliphatic carbocycles. The van der Waals surface area contributed by atoms with Crippen LogP contribution in [0.1, 0.15) is 46.1 Å². The second-order valence-corrected chi connectivity index (χ2v) is 8.79. The van der Waals surface area contributed by atoms with E-state index in [1.54, 1.807) is 12.1 Å². The quantitative estimate of drug-likeness (QED) is 0.521. The summed E-state index contributed by atoms with van der Waals surface area (Å²) in [4.78, 5) is 11.9. The number of hydrogen-bond acceptors (Lipinski definition) is 4. The molecule has 0 heterocycles. The summed E-state index contributed by atoms with van der Waals surface area (Å²) in [5.74, 6) is -0.163. The summed E-state index contributed by atoms with van der Waals surface area (Å²) in [5, 5.41) is 5.94. The lowest BCUT2D eigenvalue weighted by Crippen LogP contribution is -2.34. The van der Waals surface area contributed by atoms with Gasteiger partial charge in [0.2, 0.25) is 15.9 Å². The normalized spacial score (nSPS) is 11.7. The molecule has 0 aromatic heterocycles. The van der Waals surface area contributed by atoms with Crippen LogP contribution in [0.25, 0.3) is 0 Å². The van der Waals surface area contributed by atoms with E-state index in [0.717, 1.165) is 18.5 Å². The fraction of sp³-hybridized carbons (Fsp3) is 0.611. The number of hydrogen-bond donors (Lipinski definition) is 3. The number of rotatable bonds is 10. The summed E-state index contributed by atoms with van der Waals surface area (Å²) in [5.41, 5.74) is 1.04. The average Bonchev–Trinajstić information content (AvgIpc) is 2.54. The van der Waals surface area contributed by atoms with E-state index in [2.05, 4.69) is 43.1 Å². The van der Waals surface area contributed by atoms with Crippen molar-refractivity contribution in [1.82, 2.24) is 15.4 Å². The van der Waals surface area contributed by atoms with Crippen LogP contribution in [-0.4, -0.2) is 40.5 Å². The second-order valence-electron chi connectivity index (χ2n) is 7.02. The highest BCUT2D eigenvalue weighted by Crippen LogP contribution is 2.23. The van der Waals surface area contributed by atoms with Gasteiger partial charge < -0.3 is 10.6 Å². The highest BCUT2D eigenvalue weighted by atomic mass is 35.5. The summed E-state index contributed by atoms with van der Waals surface area (Å²) >= 11 is 0. The maximum absolute atomic E-state index is 12.3. The fourth-order valence-electron chi connectivity index (χ4n) is 2.20. The highest BCUT2D eigenvalue weighted by molar-refractivity contribution is 7.89. The summed E-state index contributed by atoms with van der Waals surface area (Å²) < 4.78 is 27.0. The third kappa shape index (κ3) is 8.98. The third-order valence-electron chi connectivity index (χ3n) is 3.73. The Hall–Kier alpha value is -1.15. The molecule has 0 saturated carbocycles. The molecule has 0 radical (unpaired) electrons. The molecule has 0 fully saturated rings. The maximum Gasteiger partial charge on any atom is 0.240 e. The topological polar surface area (TPSA) is 87.3 Å². The van der Waals surface area contributed by atoms with Gasteiger partial charge in [-0.05, 0) is 36.1 Å². The first-order chi connectivity index (χ1) is 11.7. The Labute approximate surface area is 164 Å². The summed E-state index contributed by atoms with van der Waals surface area (Å²) in [7, 11) is -3.59. The van der Waals surface area contributed by atoms with Crippen LogP contribution < -0.4 is 15.4 Å². The van der Waals surface area contributed by atoms with Crippen molar-refractivity contribution in [3.05, 3.63) is 29.8 Å². The molecule has 1 rings (SSSR count). The molecule has 0 aliphatic heterocycles. The van der Waals surface area contributed by atoms with Gasteiger partial charge in [0.15, 0.2) is 0 Å². The molecule has 1 aromatic carbocycles. The first kappa shape index (κ1) is 24.8. The molecule has 8 heteroatoms. The van der Waals surface area contributed by atoms with Gasteiger partial charge in [-0.25, -0.2) is 13.1 Å². The molecule has 0 aliphatic rings. The molecule has 26 heavy (non-hydrogen) atoms. The van der Waals surface area contributed by atoms with Crippen molar-refractivity contribution in [1.29, 1.82) is 0 Å². The van der Waals surface area contributed by atoms with Crippen LogP contribution in [0.2, 0.25) is 0 Å². The molecule has 3 N–H and O–H groups in total. The highest BCUT2D eigenvalue weighted by Gasteiger charge is 2.17. The van der Waals surface area contributed by atoms with Crippen LogP contribution in [0.5, 0.6) is 0 Å². The van der Waals surface area contributed by atoms with E-state index in [1.807, 2.05) is 12.1 Å². The molecule has 1 aromatic rings. The number of halogens is 1. The monoisotopic (exact) mass is 405 g/mol. The van der Waals surface area contributed by atoms with Crippen LogP contribution in [-0.2, 0) is 20.2 Å². The van der Waals surface area contributed by atoms with E-state index in [9.17, 15) is 13.2 Å². The van der Waals surface area contributed by atoms with E-state index in [0.29, 0.717) is 13.1 Å². The average molecular weight is 406 g/mol. The van der Waals surface area contributed by atoms with Gasteiger partial charge in [-0.15, -0.1) is 12.4 Å².